The van der Waals surface area contributed by atoms with Crippen LogP contribution < -0.4 is 0 Å². The second-order valence-corrected chi connectivity index (χ2v) is 5.30. The Morgan fingerprint density at radius 1 is 1.00 bits per heavy atom. The fourth-order valence-electron chi connectivity index (χ4n) is 1.32. The molecule has 0 saturated heterocycles. The highest BCUT2D eigenvalue weighted by Gasteiger charge is 2.01. The summed E-state index contributed by atoms with van der Waals surface area (Å²) in [4.78, 5) is 2.36. The van der Waals surface area contributed by atoms with E-state index in [1.54, 1.807) is 11.8 Å². The first kappa shape index (κ1) is 11.7. The Labute approximate surface area is 108 Å². The smallest absolute Gasteiger partial charge is 0.0681 e. The predicted octanol–water partition coefficient (Wildman–Crippen LogP) is 4.09. The molecule has 0 aliphatic heterocycles. The van der Waals surface area contributed by atoms with Gasteiger partial charge in [-0.3, -0.25) is 0 Å². The predicted molar refractivity (Wildman–Crippen MR) is 70.6 cm³/mol. The van der Waals surface area contributed by atoms with Gasteiger partial charge in [-0.2, -0.15) is 0 Å². The van der Waals surface area contributed by atoms with Crippen LogP contribution >= 0.6 is 27.7 Å². The third kappa shape index (κ3) is 2.88. The van der Waals surface area contributed by atoms with Crippen LogP contribution in [0.5, 0.6) is 0 Å². The molecule has 82 valence electrons. The average Bonchev–Trinajstić information content (AvgIpc) is 2.33. The number of aliphatic hydroxyl groups excluding tert-OH is 1. The highest BCUT2D eigenvalue weighted by atomic mass is 79.9. The Hall–Kier alpha value is -0.770. The normalized spacial score (nSPS) is 10.4. The Kier molecular flexibility index (Phi) is 4.04. The summed E-state index contributed by atoms with van der Waals surface area (Å²) in [6.07, 6.45) is 0. The molecule has 0 saturated carbocycles. The van der Waals surface area contributed by atoms with E-state index in [4.69, 9.17) is 5.11 Å². The molecule has 0 atom stereocenters. The number of rotatable bonds is 3. The second-order valence-electron chi connectivity index (χ2n) is 3.33. The molecule has 16 heavy (non-hydrogen) atoms. The lowest BCUT2D eigenvalue weighted by atomic mass is 10.2. The lowest BCUT2D eigenvalue weighted by molar-refractivity contribution is 0.282. The van der Waals surface area contributed by atoms with Crippen molar-refractivity contribution in [2.45, 2.75) is 16.4 Å². The van der Waals surface area contributed by atoms with Gasteiger partial charge < -0.3 is 5.11 Å². The third-order valence-corrected chi connectivity index (χ3v) is 4.21. The molecule has 2 aromatic carbocycles. The molecular formula is C13H11BrOS. The first-order chi connectivity index (χ1) is 7.79. The molecule has 0 unspecified atom stereocenters. The van der Waals surface area contributed by atoms with Crippen molar-refractivity contribution in [2.24, 2.45) is 0 Å². The molecule has 0 radical (unpaired) electrons. The molecule has 2 rings (SSSR count). The molecule has 0 aliphatic rings. The minimum absolute atomic E-state index is 0.0972. The van der Waals surface area contributed by atoms with Crippen molar-refractivity contribution in [1.29, 1.82) is 0 Å². The fraction of sp³-hybridized carbons (Fsp3) is 0.0769. The highest BCUT2D eigenvalue weighted by Crippen LogP contribution is 2.33. The standard InChI is InChI=1S/C13H11BrOS/c14-12-3-1-2-4-13(12)16-11-7-5-10(9-15)6-8-11/h1-8,15H,9H2. The van der Waals surface area contributed by atoms with E-state index in [0.29, 0.717) is 0 Å². The van der Waals surface area contributed by atoms with E-state index in [2.05, 4.69) is 22.0 Å². The number of aliphatic hydroxyl groups is 1. The minimum atomic E-state index is 0.0972. The van der Waals surface area contributed by atoms with Crippen LogP contribution in [0, 0.1) is 0 Å². The molecule has 3 heteroatoms. The van der Waals surface area contributed by atoms with Crippen molar-refractivity contribution in [3.63, 3.8) is 0 Å². The number of hydrogen-bond acceptors (Lipinski definition) is 2. The van der Waals surface area contributed by atoms with Crippen LogP contribution in [0.1, 0.15) is 5.56 Å². The Balaban J connectivity index is 2.18. The van der Waals surface area contributed by atoms with E-state index in [0.717, 1.165) is 10.0 Å². The first-order valence-corrected chi connectivity index (χ1v) is 6.53. The van der Waals surface area contributed by atoms with Crippen LogP contribution in [-0.4, -0.2) is 5.11 Å². The fourth-order valence-corrected chi connectivity index (χ4v) is 2.68. The topological polar surface area (TPSA) is 20.2 Å². The van der Waals surface area contributed by atoms with Crippen LogP contribution in [0.3, 0.4) is 0 Å². The van der Waals surface area contributed by atoms with Crippen LogP contribution in [0.2, 0.25) is 0 Å². The number of hydrogen-bond donors (Lipinski definition) is 1. The summed E-state index contributed by atoms with van der Waals surface area (Å²) in [5.74, 6) is 0. The van der Waals surface area contributed by atoms with Gasteiger partial charge in [-0.25, -0.2) is 0 Å². The van der Waals surface area contributed by atoms with Gasteiger partial charge >= 0.3 is 0 Å². The molecule has 0 fully saturated rings. The quantitative estimate of drug-likeness (QED) is 0.920. The van der Waals surface area contributed by atoms with Crippen molar-refractivity contribution in [3.05, 3.63) is 58.6 Å². The molecule has 0 spiro atoms. The Morgan fingerprint density at radius 2 is 1.69 bits per heavy atom. The lowest BCUT2D eigenvalue weighted by Gasteiger charge is -2.04. The van der Waals surface area contributed by atoms with Crippen LogP contribution in [0.4, 0.5) is 0 Å². The zero-order valence-electron chi connectivity index (χ0n) is 8.56. The van der Waals surface area contributed by atoms with Gasteiger partial charge in [0.05, 0.1) is 6.61 Å². The third-order valence-electron chi connectivity index (χ3n) is 2.17. The van der Waals surface area contributed by atoms with E-state index in [1.165, 1.54) is 9.79 Å². The monoisotopic (exact) mass is 294 g/mol. The van der Waals surface area contributed by atoms with Gasteiger partial charge in [0.25, 0.3) is 0 Å². The summed E-state index contributed by atoms with van der Waals surface area (Å²) in [5, 5.41) is 8.95. The maximum absolute atomic E-state index is 8.95. The highest BCUT2D eigenvalue weighted by molar-refractivity contribution is 9.10. The molecule has 2 aromatic rings. The Morgan fingerprint density at radius 3 is 2.31 bits per heavy atom. The van der Waals surface area contributed by atoms with Crippen molar-refractivity contribution < 1.29 is 5.11 Å². The Bertz CT molecular complexity index is 468. The summed E-state index contributed by atoms with van der Waals surface area (Å²) >= 11 is 5.23. The van der Waals surface area contributed by atoms with Gasteiger partial charge in [0.1, 0.15) is 0 Å². The zero-order valence-corrected chi connectivity index (χ0v) is 11.0. The minimum Gasteiger partial charge on any atom is -0.392 e. The molecule has 0 aromatic heterocycles. The molecular weight excluding hydrogens is 284 g/mol. The summed E-state index contributed by atoms with van der Waals surface area (Å²) in [6, 6.07) is 16.1. The first-order valence-electron chi connectivity index (χ1n) is 4.92. The van der Waals surface area contributed by atoms with E-state index >= 15 is 0 Å². The van der Waals surface area contributed by atoms with Gasteiger partial charge in [-0.05, 0) is 45.8 Å². The van der Waals surface area contributed by atoms with Crippen LogP contribution in [0.25, 0.3) is 0 Å². The maximum Gasteiger partial charge on any atom is 0.0681 e. The van der Waals surface area contributed by atoms with Crippen LogP contribution in [0.15, 0.2) is 62.8 Å². The van der Waals surface area contributed by atoms with Gasteiger partial charge in [-0.1, -0.05) is 36.0 Å². The largest absolute Gasteiger partial charge is 0.392 e. The summed E-state index contributed by atoms with van der Waals surface area (Å²) in [7, 11) is 0. The summed E-state index contributed by atoms with van der Waals surface area (Å²) < 4.78 is 1.10. The van der Waals surface area contributed by atoms with Gasteiger partial charge in [-0.15, -0.1) is 0 Å². The van der Waals surface area contributed by atoms with E-state index in [1.807, 2.05) is 42.5 Å². The van der Waals surface area contributed by atoms with Crippen molar-refractivity contribution >= 4 is 27.7 Å². The molecule has 0 heterocycles. The molecule has 0 bridgehead atoms. The summed E-state index contributed by atoms with van der Waals surface area (Å²) in [6.45, 7) is 0.0972. The van der Waals surface area contributed by atoms with Gasteiger partial charge in [0.15, 0.2) is 0 Å². The molecule has 1 N–H and O–H groups in total. The van der Waals surface area contributed by atoms with Gasteiger partial charge in [0.2, 0.25) is 0 Å². The average molecular weight is 295 g/mol. The van der Waals surface area contributed by atoms with E-state index in [9.17, 15) is 0 Å². The van der Waals surface area contributed by atoms with E-state index in [-0.39, 0.29) is 6.61 Å². The van der Waals surface area contributed by atoms with Crippen molar-refractivity contribution in [1.82, 2.24) is 0 Å². The maximum atomic E-state index is 8.95. The number of benzene rings is 2. The zero-order chi connectivity index (χ0) is 11.4. The second kappa shape index (κ2) is 5.53. The summed E-state index contributed by atoms with van der Waals surface area (Å²) in [5.41, 5.74) is 0.941. The van der Waals surface area contributed by atoms with Gasteiger partial charge in [0, 0.05) is 14.3 Å². The van der Waals surface area contributed by atoms with Crippen molar-refractivity contribution in [3.8, 4) is 0 Å². The van der Waals surface area contributed by atoms with Crippen molar-refractivity contribution in [2.75, 3.05) is 0 Å². The SMILES string of the molecule is OCc1ccc(Sc2ccccc2Br)cc1. The van der Waals surface area contributed by atoms with Crippen LogP contribution in [-0.2, 0) is 6.61 Å². The molecule has 0 amide bonds. The number of halogens is 1. The molecule has 0 aliphatic carbocycles. The lowest BCUT2D eigenvalue weighted by Crippen LogP contribution is -1.81. The van der Waals surface area contributed by atoms with E-state index < -0.39 is 0 Å². The molecule has 1 nitrogen and oxygen atoms in total.